The van der Waals surface area contributed by atoms with Gasteiger partial charge in [0, 0.05) is 11.6 Å². The molecule has 0 saturated carbocycles. The highest BCUT2D eigenvalue weighted by Crippen LogP contribution is 2.15. The molecule has 2 N–H and O–H groups in total. The average Bonchev–Trinajstić information content (AvgIpc) is 2.46. The highest BCUT2D eigenvalue weighted by atomic mass is 35.5. The first-order valence-electron chi connectivity index (χ1n) is 6.99. The van der Waals surface area contributed by atoms with Gasteiger partial charge >= 0.3 is 12.0 Å². The van der Waals surface area contributed by atoms with Gasteiger partial charge in [-0.05, 0) is 30.5 Å². The maximum atomic E-state index is 13.4. The lowest BCUT2D eigenvalue weighted by Crippen LogP contribution is -2.42. The number of urea groups is 1. The van der Waals surface area contributed by atoms with Gasteiger partial charge in [-0.15, -0.1) is 0 Å². The summed E-state index contributed by atoms with van der Waals surface area (Å²) in [5.41, 5.74) is -0.383. The molecule has 0 heterocycles. The molecule has 0 radical (unpaired) electrons. The van der Waals surface area contributed by atoms with Gasteiger partial charge in [0.15, 0.2) is 6.61 Å². The van der Waals surface area contributed by atoms with Crippen molar-refractivity contribution in [3.8, 4) is 0 Å². The van der Waals surface area contributed by atoms with Crippen molar-refractivity contribution in [2.75, 3.05) is 13.2 Å². The first kappa shape index (κ1) is 18.9. The SMILES string of the molecule is CC(C)CCNC(=O)NC(=O)COC(=O)c1cc(Cl)ccc1F. The summed E-state index contributed by atoms with van der Waals surface area (Å²) in [6, 6.07) is 2.71. The quantitative estimate of drug-likeness (QED) is 0.776. The molecule has 8 heteroatoms. The molecule has 1 aromatic rings. The summed E-state index contributed by atoms with van der Waals surface area (Å²) in [5, 5.41) is 4.65. The van der Waals surface area contributed by atoms with E-state index in [4.69, 9.17) is 11.6 Å². The van der Waals surface area contributed by atoms with Crippen LogP contribution in [-0.4, -0.2) is 31.1 Å². The lowest BCUT2D eigenvalue weighted by molar-refractivity contribution is -0.123. The highest BCUT2D eigenvalue weighted by Gasteiger charge is 2.16. The van der Waals surface area contributed by atoms with Crippen LogP contribution in [0, 0.1) is 11.7 Å². The van der Waals surface area contributed by atoms with Crippen LogP contribution in [-0.2, 0) is 9.53 Å². The van der Waals surface area contributed by atoms with Crippen molar-refractivity contribution in [3.05, 3.63) is 34.6 Å². The Morgan fingerprint density at radius 1 is 1.30 bits per heavy atom. The zero-order chi connectivity index (χ0) is 17.4. The lowest BCUT2D eigenvalue weighted by Gasteiger charge is -2.09. The van der Waals surface area contributed by atoms with Crippen LogP contribution < -0.4 is 10.6 Å². The number of amides is 3. The van der Waals surface area contributed by atoms with E-state index < -0.39 is 30.3 Å². The predicted octanol–water partition coefficient (Wildman–Crippen LogP) is 2.51. The number of halogens is 2. The van der Waals surface area contributed by atoms with E-state index in [0.717, 1.165) is 18.6 Å². The largest absolute Gasteiger partial charge is 0.452 e. The minimum absolute atomic E-state index is 0.160. The third kappa shape index (κ3) is 7.10. The van der Waals surface area contributed by atoms with Gasteiger partial charge in [0.2, 0.25) is 0 Å². The van der Waals surface area contributed by atoms with Gasteiger partial charge in [-0.1, -0.05) is 25.4 Å². The molecule has 0 unspecified atom stereocenters. The molecule has 3 amide bonds. The number of hydrogen-bond donors (Lipinski definition) is 2. The van der Waals surface area contributed by atoms with Gasteiger partial charge in [-0.25, -0.2) is 14.0 Å². The normalized spacial score (nSPS) is 10.3. The lowest BCUT2D eigenvalue weighted by atomic mass is 10.1. The van der Waals surface area contributed by atoms with Gasteiger partial charge in [0.1, 0.15) is 5.82 Å². The molecule has 0 fully saturated rings. The molecule has 0 aromatic heterocycles. The second kappa shape index (κ2) is 9.09. The summed E-state index contributed by atoms with van der Waals surface area (Å²) in [6.07, 6.45) is 0.768. The van der Waals surface area contributed by atoms with E-state index in [1.165, 1.54) is 6.07 Å². The van der Waals surface area contributed by atoms with Crippen LogP contribution in [0.3, 0.4) is 0 Å². The predicted molar refractivity (Wildman–Crippen MR) is 82.7 cm³/mol. The van der Waals surface area contributed by atoms with E-state index in [0.29, 0.717) is 12.5 Å². The smallest absolute Gasteiger partial charge is 0.341 e. The Morgan fingerprint density at radius 3 is 2.65 bits per heavy atom. The number of carbonyl (C=O) groups is 3. The molecule has 0 atom stereocenters. The second-order valence-electron chi connectivity index (χ2n) is 5.19. The summed E-state index contributed by atoms with van der Waals surface area (Å²) in [5.74, 6) is -2.26. The second-order valence-corrected chi connectivity index (χ2v) is 5.62. The summed E-state index contributed by atoms with van der Waals surface area (Å²) in [4.78, 5) is 34.5. The number of esters is 1. The van der Waals surface area contributed by atoms with Crippen molar-refractivity contribution in [1.82, 2.24) is 10.6 Å². The molecular formula is C15H18ClFN2O4. The Bertz CT molecular complexity index is 593. The van der Waals surface area contributed by atoms with Crippen LogP contribution >= 0.6 is 11.6 Å². The van der Waals surface area contributed by atoms with Crippen molar-refractivity contribution < 1.29 is 23.5 Å². The number of ether oxygens (including phenoxy) is 1. The minimum Gasteiger partial charge on any atom is -0.452 e. The van der Waals surface area contributed by atoms with E-state index in [1.54, 1.807) is 0 Å². The van der Waals surface area contributed by atoms with Gasteiger partial charge in [0.05, 0.1) is 5.56 Å². The monoisotopic (exact) mass is 344 g/mol. The van der Waals surface area contributed by atoms with Crippen LogP contribution in [0.5, 0.6) is 0 Å². The fraction of sp³-hybridized carbons (Fsp3) is 0.400. The number of rotatable bonds is 6. The van der Waals surface area contributed by atoms with E-state index in [9.17, 15) is 18.8 Å². The average molecular weight is 345 g/mol. The molecule has 1 aromatic carbocycles. The fourth-order valence-corrected chi connectivity index (χ4v) is 1.72. The van der Waals surface area contributed by atoms with Crippen molar-refractivity contribution in [1.29, 1.82) is 0 Å². The summed E-state index contributed by atoms with van der Waals surface area (Å²) in [6.45, 7) is 3.71. The first-order chi connectivity index (χ1) is 10.8. The van der Waals surface area contributed by atoms with Gasteiger partial charge in [0.25, 0.3) is 5.91 Å². The Balaban J connectivity index is 2.39. The summed E-state index contributed by atoms with van der Waals surface area (Å²) >= 11 is 5.66. The highest BCUT2D eigenvalue weighted by molar-refractivity contribution is 6.30. The van der Waals surface area contributed by atoms with E-state index in [-0.39, 0.29) is 10.6 Å². The van der Waals surface area contributed by atoms with Crippen molar-refractivity contribution >= 4 is 29.5 Å². The molecular weight excluding hydrogens is 327 g/mol. The number of carbonyl (C=O) groups excluding carboxylic acids is 3. The van der Waals surface area contributed by atoms with Crippen LogP contribution in [0.4, 0.5) is 9.18 Å². The number of imide groups is 1. The van der Waals surface area contributed by atoms with Crippen molar-refractivity contribution in [3.63, 3.8) is 0 Å². The zero-order valence-electron chi connectivity index (χ0n) is 12.8. The first-order valence-corrected chi connectivity index (χ1v) is 7.37. The third-order valence-electron chi connectivity index (χ3n) is 2.74. The van der Waals surface area contributed by atoms with Gasteiger partial charge in [-0.3, -0.25) is 10.1 Å². The molecule has 0 aliphatic carbocycles. The Morgan fingerprint density at radius 2 is 2.00 bits per heavy atom. The zero-order valence-corrected chi connectivity index (χ0v) is 13.6. The van der Waals surface area contributed by atoms with Crippen LogP contribution in [0.15, 0.2) is 18.2 Å². The summed E-state index contributed by atoms with van der Waals surface area (Å²) in [7, 11) is 0. The topological polar surface area (TPSA) is 84.5 Å². The molecule has 1 rings (SSSR count). The summed E-state index contributed by atoms with van der Waals surface area (Å²) < 4.78 is 18.1. The molecule has 0 saturated heterocycles. The molecule has 6 nitrogen and oxygen atoms in total. The third-order valence-corrected chi connectivity index (χ3v) is 2.98. The van der Waals surface area contributed by atoms with Gasteiger partial charge in [-0.2, -0.15) is 0 Å². The Kier molecular flexibility index (Phi) is 7.47. The Hall–Kier alpha value is -2.15. The fourth-order valence-electron chi connectivity index (χ4n) is 1.54. The molecule has 0 bridgehead atoms. The number of hydrogen-bond acceptors (Lipinski definition) is 4. The van der Waals surface area contributed by atoms with Crippen molar-refractivity contribution in [2.45, 2.75) is 20.3 Å². The molecule has 0 aliphatic rings. The standard InChI is InChI=1S/C15H18ClFN2O4/c1-9(2)5-6-18-15(22)19-13(20)8-23-14(21)11-7-10(16)3-4-12(11)17/h3-4,7,9H,5-6,8H2,1-2H3,(H2,18,19,20,22). The van der Waals surface area contributed by atoms with Gasteiger partial charge < -0.3 is 10.1 Å². The van der Waals surface area contributed by atoms with Crippen LogP contribution in [0.1, 0.15) is 30.6 Å². The van der Waals surface area contributed by atoms with E-state index in [1.807, 2.05) is 19.2 Å². The minimum atomic E-state index is -1.04. The molecule has 0 aliphatic heterocycles. The number of nitrogens with one attached hydrogen (secondary N) is 2. The van der Waals surface area contributed by atoms with Crippen molar-refractivity contribution in [2.24, 2.45) is 5.92 Å². The van der Waals surface area contributed by atoms with Crippen LogP contribution in [0.2, 0.25) is 5.02 Å². The maximum Gasteiger partial charge on any atom is 0.341 e. The molecule has 23 heavy (non-hydrogen) atoms. The van der Waals surface area contributed by atoms with E-state index >= 15 is 0 Å². The van der Waals surface area contributed by atoms with Crippen LogP contribution in [0.25, 0.3) is 0 Å². The van der Waals surface area contributed by atoms with E-state index in [2.05, 4.69) is 10.1 Å². The molecule has 0 spiro atoms. The Labute approximate surface area is 138 Å². The molecule has 126 valence electrons. The maximum absolute atomic E-state index is 13.4. The number of benzene rings is 1.